The number of carbonyl (C=O) groups is 1. The quantitative estimate of drug-likeness (QED) is 0.423. The summed E-state index contributed by atoms with van der Waals surface area (Å²) in [5.74, 6) is 0.0119. The van der Waals surface area contributed by atoms with Gasteiger partial charge in [-0.05, 0) is 49.1 Å². The van der Waals surface area contributed by atoms with Gasteiger partial charge in [0.1, 0.15) is 0 Å². The lowest BCUT2D eigenvalue weighted by molar-refractivity contribution is -0.113. The SMILES string of the molecule is CCCn1c(SCC(=O)Nc2cccc(SC)c2)nc2cc(Cl)ccc2c1=O. The second-order valence-corrected chi connectivity index (χ2v) is 8.34. The molecule has 0 radical (unpaired) electrons. The molecule has 0 unspecified atom stereocenters. The van der Waals surface area contributed by atoms with E-state index in [1.807, 2.05) is 37.4 Å². The molecule has 0 atom stereocenters. The number of fused-ring (bicyclic) bond motifs is 1. The summed E-state index contributed by atoms with van der Waals surface area (Å²) in [5, 5.41) is 4.46. The van der Waals surface area contributed by atoms with Gasteiger partial charge in [0.15, 0.2) is 5.16 Å². The van der Waals surface area contributed by atoms with Crippen LogP contribution in [0.5, 0.6) is 0 Å². The maximum atomic E-state index is 12.8. The number of nitrogens with zero attached hydrogens (tertiary/aromatic N) is 2. The number of carbonyl (C=O) groups excluding carboxylic acids is 1. The van der Waals surface area contributed by atoms with Crippen molar-refractivity contribution in [3.63, 3.8) is 0 Å². The van der Waals surface area contributed by atoms with Crippen LogP contribution in [0.1, 0.15) is 13.3 Å². The Balaban J connectivity index is 1.81. The standard InChI is InChI=1S/C20H20ClN3O2S2/c1-3-9-24-19(26)16-8-7-13(21)10-17(16)23-20(24)28-12-18(25)22-14-5-4-6-15(11-14)27-2/h4-8,10-11H,3,9,12H2,1-2H3,(H,22,25). The van der Waals surface area contributed by atoms with Gasteiger partial charge in [-0.1, -0.05) is 36.4 Å². The smallest absolute Gasteiger partial charge is 0.262 e. The highest BCUT2D eigenvalue weighted by molar-refractivity contribution is 7.99. The van der Waals surface area contributed by atoms with Crippen molar-refractivity contribution in [2.45, 2.75) is 29.9 Å². The van der Waals surface area contributed by atoms with E-state index in [9.17, 15) is 9.59 Å². The normalized spacial score (nSPS) is 11.0. The summed E-state index contributed by atoms with van der Waals surface area (Å²) in [6.45, 7) is 2.54. The maximum absolute atomic E-state index is 12.8. The molecular formula is C20H20ClN3O2S2. The number of hydrogen-bond donors (Lipinski definition) is 1. The van der Waals surface area contributed by atoms with Crippen molar-refractivity contribution in [3.8, 4) is 0 Å². The summed E-state index contributed by atoms with van der Waals surface area (Å²) in [4.78, 5) is 30.9. The highest BCUT2D eigenvalue weighted by atomic mass is 35.5. The zero-order valence-electron chi connectivity index (χ0n) is 15.6. The van der Waals surface area contributed by atoms with Crippen LogP contribution in [-0.2, 0) is 11.3 Å². The molecule has 2 aromatic carbocycles. The van der Waals surface area contributed by atoms with Gasteiger partial charge in [-0.2, -0.15) is 0 Å². The first kappa shape index (κ1) is 20.8. The first-order chi connectivity index (χ1) is 13.5. The number of benzene rings is 2. The predicted octanol–water partition coefficient (Wildman–Crippen LogP) is 4.91. The minimum atomic E-state index is -0.147. The van der Waals surface area contributed by atoms with Gasteiger partial charge in [-0.3, -0.25) is 14.2 Å². The summed E-state index contributed by atoms with van der Waals surface area (Å²) >= 11 is 8.91. The topological polar surface area (TPSA) is 64.0 Å². The number of amides is 1. The summed E-state index contributed by atoms with van der Waals surface area (Å²) in [6, 6.07) is 12.7. The Morgan fingerprint density at radius 3 is 2.82 bits per heavy atom. The maximum Gasteiger partial charge on any atom is 0.262 e. The molecule has 0 saturated carbocycles. The van der Waals surface area contributed by atoms with Crippen molar-refractivity contribution in [1.82, 2.24) is 9.55 Å². The Kier molecular flexibility index (Phi) is 7.04. The molecule has 1 heterocycles. The summed E-state index contributed by atoms with van der Waals surface area (Å²) in [5.41, 5.74) is 1.18. The molecule has 0 aliphatic rings. The van der Waals surface area contributed by atoms with Gasteiger partial charge >= 0.3 is 0 Å². The van der Waals surface area contributed by atoms with Crippen LogP contribution in [0, 0.1) is 0 Å². The Hall–Kier alpha value is -1.96. The number of rotatable bonds is 7. The Morgan fingerprint density at radius 2 is 2.07 bits per heavy atom. The molecule has 0 aliphatic carbocycles. The number of aromatic nitrogens is 2. The van der Waals surface area contributed by atoms with Crippen LogP contribution < -0.4 is 10.9 Å². The van der Waals surface area contributed by atoms with E-state index in [2.05, 4.69) is 10.3 Å². The van der Waals surface area contributed by atoms with Crippen molar-refractivity contribution in [2.24, 2.45) is 0 Å². The molecule has 3 rings (SSSR count). The molecule has 0 aliphatic heterocycles. The minimum absolute atomic E-state index is 0.112. The van der Waals surface area contributed by atoms with Crippen LogP contribution >= 0.6 is 35.1 Å². The molecule has 5 nitrogen and oxygen atoms in total. The van der Waals surface area contributed by atoms with Crippen molar-refractivity contribution in [1.29, 1.82) is 0 Å². The highest BCUT2D eigenvalue weighted by Crippen LogP contribution is 2.22. The molecule has 0 fully saturated rings. The second kappa shape index (κ2) is 9.49. The van der Waals surface area contributed by atoms with E-state index in [1.165, 1.54) is 11.8 Å². The first-order valence-corrected chi connectivity index (χ1v) is 11.4. The molecule has 28 heavy (non-hydrogen) atoms. The van der Waals surface area contributed by atoms with Gasteiger partial charge in [0.25, 0.3) is 5.56 Å². The number of halogens is 1. The van der Waals surface area contributed by atoms with Gasteiger partial charge in [-0.15, -0.1) is 11.8 Å². The molecule has 8 heteroatoms. The third-order valence-electron chi connectivity index (χ3n) is 4.02. The van der Waals surface area contributed by atoms with Gasteiger partial charge in [-0.25, -0.2) is 4.98 Å². The zero-order chi connectivity index (χ0) is 20.1. The lowest BCUT2D eigenvalue weighted by atomic mass is 10.2. The van der Waals surface area contributed by atoms with Gasteiger partial charge in [0, 0.05) is 22.2 Å². The van der Waals surface area contributed by atoms with Crippen LogP contribution in [0.3, 0.4) is 0 Å². The molecule has 1 amide bonds. The van der Waals surface area contributed by atoms with Crippen molar-refractivity contribution < 1.29 is 4.79 Å². The van der Waals surface area contributed by atoms with Gasteiger partial charge < -0.3 is 5.32 Å². The van der Waals surface area contributed by atoms with E-state index >= 15 is 0 Å². The third-order valence-corrected chi connectivity index (χ3v) is 5.95. The fourth-order valence-corrected chi connectivity index (χ4v) is 4.18. The van der Waals surface area contributed by atoms with Crippen LogP contribution in [0.4, 0.5) is 5.69 Å². The van der Waals surface area contributed by atoms with Crippen LogP contribution in [0.2, 0.25) is 5.02 Å². The molecular weight excluding hydrogens is 414 g/mol. The fourth-order valence-electron chi connectivity index (χ4n) is 2.73. The van der Waals surface area contributed by atoms with E-state index in [0.717, 1.165) is 17.0 Å². The van der Waals surface area contributed by atoms with E-state index < -0.39 is 0 Å². The zero-order valence-corrected chi connectivity index (χ0v) is 18.0. The number of anilines is 1. The Bertz CT molecular complexity index is 1070. The lowest BCUT2D eigenvalue weighted by Crippen LogP contribution is -2.24. The van der Waals surface area contributed by atoms with Crippen molar-refractivity contribution in [2.75, 3.05) is 17.3 Å². The van der Waals surface area contributed by atoms with Crippen molar-refractivity contribution in [3.05, 3.63) is 57.8 Å². The Labute approximate surface area is 176 Å². The molecule has 0 spiro atoms. The van der Waals surface area contributed by atoms with Crippen LogP contribution in [-0.4, -0.2) is 27.5 Å². The highest BCUT2D eigenvalue weighted by Gasteiger charge is 2.13. The van der Waals surface area contributed by atoms with Gasteiger partial charge in [0.2, 0.25) is 5.91 Å². The number of nitrogens with one attached hydrogen (secondary N) is 1. The summed E-state index contributed by atoms with van der Waals surface area (Å²) in [6.07, 6.45) is 2.78. The van der Waals surface area contributed by atoms with Crippen LogP contribution in [0.25, 0.3) is 10.9 Å². The van der Waals surface area contributed by atoms with E-state index in [1.54, 1.807) is 34.5 Å². The molecule has 1 aromatic heterocycles. The Morgan fingerprint density at radius 1 is 1.25 bits per heavy atom. The monoisotopic (exact) mass is 433 g/mol. The molecule has 0 bridgehead atoms. The van der Waals surface area contributed by atoms with Gasteiger partial charge in [0.05, 0.1) is 16.7 Å². The largest absolute Gasteiger partial charge is 0.325 e. The van der Waals surface area contributed by atoms with Crippen molar-refractivity contribution >= 4 is 57.6 Å². The van der Waals surface area contributed by atoms with E-state index in [0.29, 0.717) is 27.6 Å². The minimum Gasteiger partial charge on any atom is -0.325 e. The fraction of sp³-hybridized carbons (Fsp3) is 0.250. The molecule has 3 aromatic rings. The molecule has 0 saturated heterocycles. The summed E-state index contributed by atoms with van der Waals surface area (Å²) < 4.78 is 1.63. The van der Waals surface area contributed by atoms with Crippen LogP contribution in [0.15, 0.2) is 57.3 Å². The molecule has 1 N–H and O–H groups in total. The molecule has 146 valence electrons. The van der Waals surface area contributed by atoms with E-state index in [4.69, 9.17) is 11.6 Å². The first-order valence-electron chi connectivity index (χ1n) is 8.78. The second-order valence-electron chi connectivity index (χ2n) is 6.08. The third kappa shape index (κ3) is 4.90. The lowest BCUT2D eigenvalue weighted by Gasteiger charge is -2.12. The number of thioether (sulfide) groups is 2. The number of hydrogen-bond acceptors (Lipinski definition) is 5. The summed E-state index contributed by atoms with van der Waals surface area (Å²) in [7, 11) is 0. The average molecular weight is 434 g/mol. The average Bonchev–Trinajstić information content (AvgIpc) is 2.68. The van der Waals surface area contributed by atoms with E-state index in [-0.39, 0.29) is 17.2 Å². The predicted molar refractivity (Wildman–Crippen MR) is 119 cm³/mol.